The van der Waals surface area contributed by atoms with Gasteiger partial charge in [-0.2, -0.15) is 0 Å². The number of aryl methyl sites for hydroxylation is 1. The Balaban J connectivity index is 1.97. The Kier molecular flexibility index (Phi) is 3.19. The van der Waals surface area contributed by atoms with E-state index in [0.717, 1.165) is 34.0 Å². The molecule has 1 saturated heterocycles. The fourth-order valence-electron chi connectivity index (χ4n) is 2.46. The number of thioether (sulfide) groups is 1. The summed E-state index contributed by atoms with van der Waals surface area (Å²) in [6, 6.07) is 7.63. The Morgan fingerprint density at radius 1 is 1.21 bits per heavy atom. The molecule has 98 valence electrons. The maximum absolute atomic E-state index is 12.6. The first-order valence-electron chi connectivity index (χ1n) is 6.44. The topological polar surface area (TPSA) is 37.4 Å². The van der Waals surface area contributed by atoms with Crippen molar-refractivity contribution in [1.82, 2.24) is 4.90 Å². The van der Waals surface area contributed by atoms with Crippen LogP contribution >= 0.6 is 11.8 Å². The molecule has 19 heavy (non-hydrogen) atoms. The van der Waals surface area contributed by atoms with Gasteiger partial charge < -0.3 is 4.90 Å². The second kappa shape index (κ2) is 4.85. The van der Waals surface area contributed by atoms with Gasteiger partial charge in [-0.3, -0.25) is 9.59 Å². The van der Waals surface area contributed by atoms with Crippen LogP contribution in [-0.2, 0) is 4.79 Å². The van der Waals surface area contributed by atoms with Crippen molar-refractivity contribution in [3.63, 3.8) is 0 Å². The van der Waals surface area contributed by atoms with Crippen molar-refractivity contribution in [2.75, 3.05) is 12.3 Å². The number of rotatable bonds is 2. The normalized spacial score (nSPS) is 18.8. The van der Waals surface area contributed by atoms with Crippen LogP contribution in [0.5, 0.6) is 0 Å². The molecule has 0 unspecified atom stereocenters. The molecule has 0 N–H and O–H groups in total. The molecule has 0 radical (unpaired) electrons. The Morgan fingerprint density at radius 2 is 1.95 bits per heavy atom. The molecule has 0 aliphatic carbocycles. The van der Waals surface area contributed by atoms with E-state index in [0.29, 0.717) is 12.8 Å². The predicted octanol–water partition coefficient (Wildman–Crippen LogP) is 2.76. The summed E-state index contributed by atoms with van der Waals surface area (Å²) >= 11 is 1.63. The second-order valence-electron chi connectivity index (χ2n) is 4.87. The highest BCUT2D eigenvalue weighted by molar-refractivity contribution is 8.03. The van der Waals surface area contributed by atoms with Gasteiger partial charge in [0.25, 0.3) is 0 Å². The highest BCUT2D eigenvalue weighted by Crippen LogP contribution is 2.37. The molecular formula is C15H15NO2S. The Bertz CT molecular complexity index is 574. The fourth-order valence-corrected chi connectivity index (χ4v) is 3.65. The number of hydrogen-bond donors (Lipinski definition) is 0. The summed E-state index contributed by atoms with van der Waals surface area (Å²) in [5.41, 5.74) is 2.67. The minimum atomic E-state index is 0.0712. The van der Waals surface area contributed by atoms with Gasteiger partial charge in [0.1, 0.15) is 0 Å². The lowest BCUT2D eigenvalue weighted by atomic mass is 9.97. The van der Waals surface area contributed by atoms with Crippen LogP contribution in [0.25, 0.3) is 0 Å². The number of nitrogens with zero attached hydrogens (tertiary/aromatic N) is 1. The van der Waals surface area contributed by atoms with Crippen molar-refractivity contribution in [2.24, 2.45) is 0 Å². The van der Waals surface area contributed by atoms with E-state index in [1.165, 1.54) is 0 Å². The van der Waals surface area contributed by atoms with Gasteiger partial charge in [-0.25, -0.2) is 0 Å². The molecule has 0 aromatic heterocycles. The molecular weight excluding hydrogens is 258 g/mol. The van der Waals surface area contributed by atoms with E-state index in [1.807, 2.05) is 31.2 Å². The third-order valence-electron chi connectivity index (χ3n) is 3.53. The SMILES string of the molecule is Cc1ccc(C(=O)C2=C3SCCN3C(=O)CC2)cc1. The first-order valence-corrected chi connectivity index (χ1v) is 7.43. The van der Waals surface area contributed by atoms with Crippen LogP contribution in [0.4, 0.5) is 0 Å². The third-order valence-corrected chi connectivity index (χ3v) is 4.66. The van der Waals surface area contributed by atoms with Gasteiger partial charge in [-0.15, -0.1) is 11.8 Å². The monoisotopic (exact) mass is 273 g/mol. The van der Waals surface area contributed by atoms with Crippen LogP contribution in [0.2, 0.25) is 0 Å². The number of ketones is 1. The zero-order chi connectivity index (χ0) is 13.4. The number of allylic oxidation sites excluding steroid dienone is 1. The largest absolute Gasteiger partial charge is 0.306 e. The average Bonchev–Trinajstić information content (AvgIpc) is 2.89. The van der Waals surface area contributed by atoms with Crippen molar-refractivity contribution < 1.29 is 9.59 Å². The van der Waals surface area contributed by atoms with Crippen LogP contribution in [0.1, 0.15) is 28.8 Å². The van der Waals surface area contributed by atoms with Gasteiger partial charge in [0.05, 0.1) is 5.03 Å². The van der Waals surface area contributed by atoms with E-state index in [-0.39, 0.29) is 11.7 Å². The van der Waals surface area contributed by atoms with Gasteiger partial charge in [0.2, 0.25) is 5.91 Å². The number of amides is 1. The van der Waals surface area contributed by atoms with Gasteiger partial charge in [-0.1, -0.05) is 29.8 Å². The van der Waals surface area contributed by atoms with E-state index in [9.17, 15) is 9.59 Å². The first-order chi connectivity index (χ1) is 9.16. The van der Waals surface area contributed by atoms with Crippen LogP contribution in [0.15, 0.2) is 34.9 Å². The molecule has 0 bridgehead atoms. The lowest BCUT2D eigenvalue weighted by molar-refractivity contribution is -0.128. The third kappa shape index (κ3) is 2.21. The van der Waals surface area contributed by atoms with Gasteiger partial charge in [-0.05, 0) is 13.3 Å². The molecule has 0 saturated carbocycles. The molecule has 3 nitrogen and oxygen atoms in total. The fraction of sp³-hybridized carbons (Fsp3) is 0.333. The van der Waals surface area contributed by atoms with Crippen LogP contribution < -0.4 is 0 Å². The molecule has 1 aromatic carbocycles. The molecule has 1 amide bonds. The lowest BCUT2D eigenvalue weighted by Crippen LogP contribution is -2.32. The molecule has 4 heteroatoms. The highest BCUT2D eigenvalue weighted by atomic mass is 32.2. The number of fused-ring (bicyclic) bond motifs is 1. The van der Waals surface area contributed by atoms with E-state index >= 15 is 0 Å². The maximum atomic E-state index is 12.6. The van der Waals surface area contributed by atoms with Crippen LogP contribution in [0, 0.1) is 6.92 Å². The second-order valence-corrected chi connectivity index (χ2v) is 5.96. The van der Waals surface area contributed by atoms with Crippen molar-refractivity contribution in [3.8, 4) is 0 Å². The number of hydrogen-bond acceptors (Lipinski definition) is 3. The van der Waals surface area contributed by atoms with E-state index in [1.54, 1.807) is 16.7 Å². The molecule has 3 rings (SSSR count). The minimum absolute atomic E-state index is 0.0712. The van der Waals surface area contributed by atoms with Crippen molar-refractivity contribution in [3.05, 3.63) is 46.0 Å². The molecule has 1 aromatic rings. The molecule has 0 atom stereocenters. The highest BCUT2D eigenvalue weighted by Gasteiger charge is 2.33. The number of carbonyl (C=O) groups excluding carboxylic acids is 2. The Hall–Kier alpha value is -1.55. The number of carbonyl (C=O) groups is 2. The summed E-state index contributed by atoms with van der Waals surface area (Å²) in [4.78, 5) is 26.1. The van der Waals surface area contributed by atoms with Crippen molar-refractivity contribution in [1.29, 1.82) is 0 Å². The predicted molar refractivity (Wildman–Crippen MR) is 75.9 cm³/mol. The van der Waals surface area contributed by atoms with E-state index in [2.05, 4.69) is 0 Å². The molecule has 0 spiro atoms. The summed E-state index contributed by atoms with van der Waals surface area (Å²) in [6.45, 7) is 2.74. The van der Waals surface area contributed by atoms with Crippen molar-refractivity contribution >= 4 is 23.5 Å². The number of benzene rings is 1. The van der Waals surface area contributed by atoms with E-state index < -0.39 is 0 Å². The molecule has 1 fully saturated rings. The zero-order valence-electron chi connectivity index (χ0n) is 10.8. The lowest BCUT2D eigenvalue weighted by Gasteiger charge is -2.25. The minimum Gasteiger partial charge on any atom is -0.306 e. The quantitative estimate of drug-likeness (QED) is 0.778. The molecule has 2 aliphatic rings. The maximum Gasteiger partial charge on any atom is 0.227 e. The first kappa shape index (κ1) is 12.5. The van der Waals surface area contributed by atoms with E-state index in [4.69, 9.17) is 0 Å². The average molecular weight is 273 g/mol. The Labute approximate surface area is 116 Å². The van der Waals surface area contributed by atoms with Gasteiger partial charge in [0, 0.05) is 29.9 Å². The number of Topliss-reactive ketones (excluding diaryl/α,β-unsaturated/α-hetero) is 1. The summed E-state index contributed by atoms with van der Waals surface area (Å²) in [5.74, 6) is 1.12. The van der Waals surface area contributed by atoms with Gasteiger partial charge >= 0.3 is 0 Å². The Morgan fingerprint density at radius 3 is 2.68 bits per heavy atom. The smallest absolute Gasteiger partial charge is 0.227 e. The summed E-state index contributed by atoms with van der Waals surface area (Å²) < 4.78 is 0. The summed E-state index contributed by atoms with van der Waals surface area (Å²) in [5, 5.41) is 0.891. The molecule has 2 heterocycles. The van der Waals surface area contributed by atoms with Crippen molar-refractivity contribution in [2.45, 2.75) is 19.8 Å². The summed E-state index contributed by atoms with van der Waals surface area (Å²) in [6.07, 6.45) is 1.03. The zero-order valence-corrected chi connectivity index (χ0v) is 11.6. The summed E-state index contributed by atoms with van der Waals surface area (Å²) in [7, 11) is 0. The van der Waals surface area contributed by atoms with Gasteiger partial charge in [0.15, 0.2) is 5.78 Å². The van der Waals surface area contributed by atoms with Crippen LogP contribution in [0.3, 0.4) is 0 Å². The standard InChI is InChI=1S/C15H15NO2S/c1-10-2-4-11(5-3-10)14(18)12-6-7-13(17)16-8-9-19-15(12)16/h2-5H,6-9H2,1H3. The molecule has 2 aliphatic heterocycles. The van der Waals surface area contributed by atoms with Crippen LogP contribution in [-0.4, -0.2) is 28.9 Å².